The second-order valence-electron chi connectivity index (χ2n) is 4.46. The van der Waals surface area contributed by atoms with Gasteiger partial charge in [0.2, 0.25) is 5.91 Å². The third-order valence-corrected chi connectivity index (χ3v) is 3.20. The maximum absolute atomic E-state index is 11.9. The van der Waals surface area contributed by atoms with Gasteiger partial charge in [0.25, 0.3) is 0 Å². The Bertz CT molecular complexity index is 560. The normalized spacial score (nSPS) is 13.8. The van der Waals surface area contributed by atoms with Crippen LogP contribution in [0.15, 0.2) is 18.2 Å². The number of amides is 1. The average molecular weight is 258 g/mol. The van der Waals surface area contributed by atoms with Crippen LogP contribution >= 0.6 is 0 Å². The third kappa shape index (κ3) is 2.74. The Labute approximate surface area is 111 Å². The van der Waals surface area contributed by atoms with E-state index in [1.807, 2.05) is 0 Å². The van der Waals surface area contributed by atoms with Crippen molar-refractivity contribution in [3.8, 4) is 6.07 Å². The van der Waals surface area contributed by atoms with Crippen molar-refractivity contribution in [1.29, 1.82) is 5.26 Å². The topological polar surface area (TPSA) is 81.4 Å². The summed E-state index contributed by atoms with van der Waals surface area (Å²) in [6.07, 6.45) is 2.00. The monoisotopic (exact) mass is 258 g/mol. The van der Waals surface area contributed by atoms with Crippen molar-refractivity contribution in [3.05, 3.63) is 29.3 Å². The first-order chi connectivity index (χ1) is 9.13. The van der Waals surface area contributed by atoms with Crippen LogP contribution in [-0.4, -0.2) is 23.5 Å². The number of carbonyl (C=O) groups excluding carboxylic acids is 1. The molecule has 1 aliphatic heterocycles. The van der Waals surface area contributed by atoms with Crippen LogP contribution in [0.3, 0.4) is 0 Å². The molecular formula is C14H14N2O3. The van der Waals surface area contributed by atoms with E-state index in [2.05, 4.69) is 6.07 Å². The van der Waals surface area contributed by atoms with Gasteiger partial charge in [0.1, 0.15) is 0 Å². The number of carboxylic acids is 1. The average Bonchev–Trinajstić information content (AvgIpc) is 2.40. The highest BCUT2D eigenvalue weighted by Gasteiger charge is 2.24. The molecule has 1 aliphatic rings. The molecule has 1 amide bonds. The van der Waals surface area contributed by atoms with Gasteiger partial charge in [0, 0.05) is 25.1 Å². The minimum atomic E-state index is -0.962. The van der Waals surface area contributed by atoms with Crippen LogP contribution in [-0.2, 0) is 11.2 Å². The Morgan fingerprint density at radius 2 is 2.21 bits per heavy atom. The second-order valence-corrected chi connectivity index (χ2v) is 4.46. The molecule has 1 heterocycles. The fourth-order valence-corrected chi connectivity index (χ4v) is 2.25. The predicted octanol–water partition coefficient (Wildman–Crippen LogP) is 1.97. The Morgan fingerprint density at radius 1 is 1.42 bits per heavy atom. The zero-order valence-electron chi connectivity index (χ0n) is 10.4. The van der Waals surface area contributed by atoms with Gasteiger partial charge in [-0.2, -0.15) is 5.26 Å². The lowest BCUT2D eigenvalue weighted by Gasteiger charge is -2.29. The predicted molar refractivity (Wildman–Crippen MR) is 68.9 cm³/mol. The summed E-state index contributed by atoms with van der Waals surface area (Å²) in [7, 11) is 0. The van der Waals surface area contributed by atoms with E-state index in [1.54, 1.807) is 17.0 Å². The van der Waals surface area contributed by atoms with E-state index >= 15 is 0 Å². The molecule has 5 nitrogen and oxygen atoms in total. The minimum absolute atomic E-state index is 0.0357. The fraction of sp³-hybridized carbons (Fsp3) is 0.357. The summed E-state index contributed by atoms with van der Waals surface area (Å²) in [6, 6.07) is 6.87. The summed E-state index contributed by atoms with van der Waals surface area (Å²) in [5.41, 5.74) is 1.90. The summed E-state index contributed by atoms with van der Waals surface area (Å²) in [5, 5.41) is 17.5. The van der Waals surface area contributed by atoms with Crippen molar-refractivity contribution in [1.82, 2.24) is 0 Å². The molecule has 0 saturated heterocycles. The quantitative estimate of drug-likeness (QED) is 0.837. The van der Waals surface area contributed by atoms with Gasteiger partial charge in [-0.15, -0.1) is 0 Å². The molecule has 5 heteroatoms. The number of hydrogen-bond acceptors (Lipinski definition) is 3. The van der Waals surface area contributed by atoms with Gasteiger partial charge in [-0.25, -0.2) is 4.79 Å². The van der Waals surface area contributed by atoms with Gasteiger partial charge in [-0.3, -0.25) is 4.79 Å². The summed E-state index contributed by atoms with van der Waals surface area (Å²) in [6.45, 7) is 0.506. The number of fused-ring (bicyclic) bond motifs is 1. The van der Waals surface area contributed by atoms with Crippen molar-refractivity contribution in [2.24, 2.45) is 0 Å². The number of nitrogens with zero attached hydrogens (tertiary/aromatic N) is 2. The minimum Gasteiger partial charge on any atom is -0.478 e. The van der Waals surface area contributed by atoms with E-state index < -0.39 is 5.97 Å². The van der Waals surface area contributed by atoms with Gasteiger partial charge in [-0.05, 0) is 36.6 Å². The van der Waals surface area contributed by atoms with Gasteiger partial charge in [0.15, 0.2) is 0 Å². The summed E-state index contributed by atoms with van der Waals surface area (Å²) in [4.78, 5) is 24.5. The first-order valence-electron chi connectivity index (χ1n) is 6.17. The molecule has 0 bridgehead atoms. The first kappa shape index (κ1) is 13.1. The lowest BCUT2D eigenvalue weighted by Crippen LogP contribution is -2.36. The number of benzene rings is 1. The van der Waals surface area contributed by atoms with Gasteiger partial charge in [-0.1, -0.05) is 0 Å². The lowest BCUT2D eigenvalue weighted by molar-refractivity contribution is -0.118. The number of rotatable bonds is 4. The molecule has 0 saturated carbocycles. The highest BCUT2D eigenvalue weighted by atomic mass is 16.4. The summed E-state index contributed by atoms with van der Waals surface area (Å²) < 4.78 is 0. The van der Waals surface area contributed by atoms with Crippen molar-refractivity contribution in [3.63, 3.8) is 0 Å². The largest absolute Gasteiger partial charge is 0.478 e. The molecular weight excluding hydrogens is 244 g/mol. The van der Waals surface area contributed by atoms with Gasteiger partial charge in [0.05, 0.1) is 11.6 Å². The van der Waals surface area contributed by atoms with Crippen molar-refractivity contribution in [2.45, 2.75) is 25.7 Å². The molecule has 0 aromatic heterocycles. The number of carboxylic acid groups (broad SMARTS) is 1. The molecule has 2 rings (SSSR count). The number of aryl methyl sites for hydroxylation is 1. The SMILES string of the molecule is N#CCCCN1C(=O)CCc2cc(C(=O)O)ccc21. The van der Waals surface area contributed by atoms with Crippen LogP contribution in [0.5, 0.6) is 0 Å². The first-order valence-corrected chi connectivity index (χ1v) is 6.17. The van der Waals surface area contributed by atoms with Crippen molar-refractivity contribution >= 4 is 17.6 Å². The number of carbonyl (C=O) groups is 2. The smallest absolute Gasteiger partial charge is 0.335 e. The van der Waals surface area contributed by atoms with Gasteiger partial charge < -0.3 is 10.0 Å². The maximum atomic E-state index is 11.9. The van der Waals surface area contributed by atoms with Crippen LogP contribution in [0.25, 0.3) is 0 Å². The van der Waals surface area contributed by atoms with E-state index in [0.29, 0.717) is 32.2 Å². The number of hydrogen-bond donors (Lipinski definition) is 1. The lowest BCUT2D eigenvalue weighted by atomic mass is 9.98. The second kappa shape index (κ2) is 5.53. The van der Waals surface area contributed by atoms with Gasteiger partial charge >= 0.3 is 5.97 Å². The Balaban J connectivity index is 2.26. The highest BCUT2D eigenvalue weighted by Crippen LogP contribution is 2.29. The third-order valence-electron chi connectivity index (χ3n) is 3.20. The molecule has 19 heavy (non-hydrogen) atoms. The highest BCUT2D eigenvalue weighted by molar-refractivity contribution is 5.97. The molecule has 1 aromatic carbocycles. The molecule has 0 spiro atoms. The molecule has 1 N–H and O–H groups in total. The van der Waals surface area contributed by atoms with E-state index in [9.17, 15) is 9.59 Å². The van der Waals surface area contributed by atoms with E-state index in [1.165, 1.54) is 6.07 Å². The van der Waals surface area contributed by atoms with Crippen LogP contribution in [0.4, 0.5) is 5.69 Å². The van der Waals surface area contributed by atoms with E-state index in [0.717, 1.165) is 11.3 Å². The molecule has 0 atom stereocenters. The molecule has 1 aromatic rings. The fourth-order valence-electron chi connectivity index (χ4n) is 2.25. The van der Waals surface area contributed by atoms with E-state index in [4.69, 9.17) is 10.4 Å². The zero-order valence-corrected chi connectivity index (χ0v) is 10.4. The van der Waals surface area contributed by atoms with Crippen LogP contribution in [0.1, 0.15) is 35.2 Å². The maximum Gasteiger partial charge on any atom is 0.335 e. The molecule has 98 valence electrons. The number of aromatic carboxylic acids is 1. The molecule has 0 aliphatic carbocycles. The standard InChI is InChI=1S/C14H14N2O3/c15-7-1-2-8-16-12-5-3-11(14(18)19)9-10(12)4-6-13(16)17/h3,5,9H,1-2,4,6,8H2,(H,18,19). The van der Waals surface area contributed by atoms with Crippen LogP contribution < -0.4 is 4.90 Å². The molecule has 0 radical (unpaired) electrons. The number of unbranched alkanes of at least 4 members (excludes halogenated alkanes) is 1. The van der Waals surface area contributed by atoms with Crippen molar-refractivity contribution in [2.75, 3.05) is 11.4 Å². The zero-order chi connectivity index (χ0) is 13.8. The number of anilines is 1. The number of nitriles is 1. The van der Waals surface area contributed by atoms with Crippen molar-refractivity contribution < 1.29 is 14.7 Å². The van der Waals surface area contributed by atoms with E-state index in [-0.39, 0.29) is 11.5 Å². The summed E-state index contributed by atoms with van der Waals surface area (Å²) in [5.74, 6) is -0.927. The van der Waals surface area contributed by atoms with Crippen LogP contribution in [0.2, 0.25) is 0 Å². The molecule has 0 fully saturated rings. The summed E-state index contributed by atoms with van der Waals surface area (Å²) >= 11 is 0. The Morgan fingerprint density at radius 3 is 2.89 bits per heavy atom. The Kier molecular flexibility index (Phi) is 3.81. The Hall–Kier alpha value is -2.35. The molecule has 0 unspecified atom stereocenters. The van der Waals surface area contributed by atoms with Crippen LogP contribution in [0, 0.1) is 11.3 Å².